The minimum absolute atomic E-state index is 0. The van der Waals surface area contributed by atoms with Gasteiger partial charge in [-0.15, -0.1) is 24.8 Å². The molecule has 2 fully saturated rings. The van der Waals surface area contributed by atoms with Crippen LogP contribution in [0, 0.1) is 11.2 Å². The lowest BCUT2D eigenvalue weighted by Gasteiger charge is -2.37. The number of carbonyl (C=O) groups is 1. The Labute approximate surface area is 173 Å². The van der Waals surface area contributed by atoms with E-state index in [9.17, 15) is 9.18 Å². The van der Waals surface area contributed by atoms with Crippen LogP contribution in [0.15, 0.2) is 18.2 Å². The molecule has 0 aliphatic carbocycles. The van der Waals surface area contributed by atoms with Crippen LogP contribution in [0.2, 0.25) is 0 Å². The van der Waals surface area contributed by atoms with Gasteiger partial charge >= 0.3 is 0 Å². The van der Waals surface area contributed by atoms with Gasteiger partial charge in [-0.3, -0.25) is 4.79 Å². The third kappa shape index (κ3) is 5.95. The molecule has 2 aliphatic rings. The van der Waals surface area contributed by atoms with E-state index in [4.69, 9.17) is 4.74 Å². The summed E-state index contributed by atoms with van der Waals surface area (Å²) in [6.45, 7) is 4.80. The van der Waals surface area contributed by atoms with Crippen LogP contribution in [0.4, 0.5) is 10.1 Å². The first kappa shape index (κ1) is 24.0. The van der Waals surface area contributed by atoms with Crippen LogP contribution in [0.1, 0.15) is 36.0 Å². The van der Waals surface area contributed by atoms with Gasteiger partial charge in [0, 0.05) is 37.7 Å². The molecule has 0 saturated carbocycles. The molecule has 154 valence electrons. The van der Waals surface area contributed by atoms with Crippen LogP contribution in [0.5, 0.6) is 0 Å². The molecular formula is C19H30Cl2FN3O2. The van der Waals surface area contributed by atoms with Gasteiger partial charge in [-0.05, 0) is 57.0 Å². The minimum atomic E-state index is -0.317. The molecule has 0 spiro atoms. The Balaban J connectivity index is 0.00000182. The van der Waals surface area contributed by atoms with E-state index in [1.807, 2.05) is 4.90 Å². The summed E-state index contributed by atoms with van der Waals surface area (Å²) in [7, 11) is 1.69. The van der Waals surface area contributed by atoms with E-state index < -0.39 is 0 Å². The number of hydrogen-bond donors (Lipinski definition) is 2. The number of amides is 1. The Bertz CT molecular complexity index is 601. The number of ether oxygens (including phenoxy) is 1. The fourth-order valence-corrected chi connectivity index (χ4v) is 3.87. The first-order chi connectivity index (χ1) is 12.1. The summed E-state index contributed by atoms with van der Waals surface area (Å²) in [4.78, 5) is 14.5. The molecule has 2 aliphatic heterocycles. The number of hydrogen-bond acceptors (Lipinski definition) is 4. The van der Waals surface area contributed by atoms with Gasteiger partial charge in [-0.2, -0.15) is 0 Å². The van der Waals surface area contributed by atoms with Crippen molar-refractivity contribution in [3.05, 3.63) is 29.6 Å². The normalized spacial score (nSPS) is 18.4. The first-order valence-corrected chi connectivity index (χ1v) is 9.16. The predicted octanol–water partition coefficient (Wildman–Crippen LogP) is 3.02. The quantitative estimate of drug-likeness (QED) is 0.740. The van der Waals surface area contributed by atoms with Gasteiger partial charge < -0.3 is 20.3 Å². The van der Waals surface area contributed by atoms with Gasteiger partial charge in [-0.1, -0.05) is 0 Å². The van der Waals surface area contributed by atoms with Crippen molar-refractivity contribution >= 4 is 36.4 Å². The second-order valence-corrected chi connectivity index (χ2v) is 7.23. The second-order valence-electron chi connectivity index (χ2n) is 7.23. The Hall–Kier alpha value is -1.08. The van der Waals surface area contributed by atoms with Crippen LogP contribution >= 0.6 is 24.8 Å². The van der Waals surface area contributed by atoms with Crippen molar-refractivity contribution in [3.8, 4) is 0 Å². The molecule has 0 radical (unpaired) electrons. The van der Waals surface area contributed by atoms with E-state index in [2.05, 4.69) is 10.6 Å². The number of nitrogens with zero attached hydrogens (tertiary/aromatic N) is 1. The highest BCUT2D eigenvalue weighted by atomic mass is 35.5. The molecular weight excluding hydrogens is 392 g/mol. The van der Waals surface area contributed by atoms with E-state index in [-0.39, 0.29) is 42.0 Å². The molecule has 1 amide bonds. The third-order valence-electron chi connectivity index (χ3n) is 5.40. The maximum absolute atomic E-state index is 14.4. The highest BCUT2D eigenvalue weighted by molar-refractivity contribution is 5.94. The lowest BCUT2D eigenvalue weighted by Crippen LogP contribution is -2.47. The highest BCUT2D eigenvalue weighted by Gasteiger charge is 2.32. The molecule has 0 unspecified atom stereocenters. The van der Waals surface area contributed by atoms with Crippen molar-refractivity contribution in [2.24, 2.45) is 5.41 Å². The van der Waals surface area contributed by atoms with E-state index in [1.165, 1.54) is 6.07 Å². The average Bonchev–Trinajstić information content (AvgIpc) is 3.15. The Morgan fingerprint density at radius 3 is 2.52 bits per heavy atom. The van der Waals surface area contributed by atoms with Gasteiger partial charge in [0.1, 0.15) is 5.82 Å². The number of methoxy groups -OCH3 is 1. The SMILES string of the molecule is COCC1(CNC(=O)c2ccc(N3CCCC3)c(F)c2)CCNCC1.Cl.Cl. The fourth-order valence-electron chi connectivity index (χ4n) is 3.87. The molecule has 5 nitrogen and oxygen atoms in total. The van der Waals surface area contributed by atoms with Crippen LogP contribution in [-0.2, 0) is 4.74 Å². The van der Waals surface area contributed by atoms with Crippen molar-refractivity contribution < 1.29 is 13.9 Å². The zero-order valence-electron chi connectivity index (χ0n) is 15.8. The van der Waals surface area contributed by atoms with Gasteiger partial charge in [0.25, 0.3) is 5.91 Å². The molecule has 27 heavy (non-hydrogen) atoms. The lowest BCUT2D eigenvalue weighted by molar-refractivity contribution is 0.0511. The van der Waals surface area contributed by atoms with E-state index in [0.717, 1.165) is 51.9 Å². The first-order valence-electron chi connectivity index (χ1n) is 9.16. The van der Waals surface area contributed by atoms with Crippen molar-refractivity contribution in [1.29, 1.82) is 0 Å². The Morgan fingerprint density at radius 1 is 1.26 bits per heavy atom. The minimum Gasteiger partial charge on any atom is -0.384 e. The second kappa shape index (κ2) is 11.1. The van der Waals surface area contributed by atoms with Gasteiger partial charge in [-0.25, -0.2) is 4.39 Å². The molecule has 2 saturated heterocycles. The summed E-state index contributed by atoms with van der Waals surface area (Å²) in [5.41, 5.74) is 0.939. The predicted molar refractivity (Wildman–Crippen MR) is 111 cm³/mol. The van der Waals surface area contributed by atoms with E-state index in [0.29, 0.717) is 24.4 Å². The smallest absolute Gasteiger partial charge is 0.251 e. The molecule has 2 heterocycles. The monoisotopic (exact) mass is 421 g/mol. The summed E-state index contributed by atoms with van der Waals surface area (Å²) in [5.74, 6) is -0.538. The average molecular weight is 422 g/mol. The maximum Gasteiger partial charge on any atom is 0.251 e. The summed E-state index contributed by atoms with van der Waals surface area (Å²) >= 11 is 0. The number of piperidine rings is 1. The summed E-state index contributed by atoms with van der Waals surface area (Å²) in [5, 5.41) is 6.32. The van der Waals surface area contributed by atoms with Crippen molar-refractivity contribution in [2.45, 2.75) is 25.7 Å². The summed E-state index contributed by atoms with van der Waals surface area (Å²) in [6.07, 6.45) is 4.11. The van der Waals surface area contributed by atoms with Crippen molar-refractivity contribution in [2.75, 3.05) is 51.3 Å². The standard InChI is InChI=1S/C19H28FN3O2.2ClH/c1-25-14-19(6-8-21-9-7-19)13-22-18(24)15-4-5-17(16(20)12-15)23-10-2-3-11-23;;/h4-5,12,21H,2-3,6-11,13-14H2,1H3,(H,22,24);2*1H. The number of halogens is 3. The fraction of sp³-hybridized carbons (Fsp3) is 0.632. The Morgan fingerprint density at radius 2 is 1.93 bits per heavy atom. The summed E-state index contributed by atoms with van der Waals surface area (Å²) < 4.78 is 19.8. The van der Waals surface area contributed by atoms with Crippen LogP contribution in [0.25, 0.3) is 0 Å². The van der Waals surface area contributed by atoms with Crippen LogP contribution in [-0.4, -0.2) is 52.3 Å². The number of benzene rings is 1. The van der Waals surface area contributed by atoms with E-state index in [1.54, 1.807) is 19.2 Å². The molecule has 2 N–H and O–H groups in total. The van der Waals surface area contributed by atoms with Crippen molar-refractivity contribution in [3.63, 3.8) is 0 Å². The molecule has 3 rings (SSSR count). The Kier molecular flexibility index (Phi) is 9.81. The van der Waals surface area contributed by atoms with Crippen LogP contribution < -0.4 is 15.5 Å². The largest absolute Gasteiger partial charge is 0.384 e. The number of nitrogens with one attached hydrogen (secondary N) is 2. The van der Waals surface area contributed by atoms with Gasteiger partial charge in [0.15, 0.2) is 0 Å². The molecule has 1 aromatic carbocycles. The number of anilines is 1. The highest BCUT2D eigenvalue weighted by Crippen LogP contribution is 2.29. The van der Waals surface area contributed by atoms with Crippen LogP contribution in [0.3, 0.4) is 0 Å². The topological polar surface area (TPSA) is 53.6 Å². The molecule has 8 heteroatoms. The van der Waals surface area contributed by atoms with Gasteiger partial charge in [0.05, 0.1) is 12.3 Å². The summed E-state index contributed by atoms with van der Waals surface area (Å²) in [6, 6.07) is 4.80. The number of rotatable bonds is 6. The van der Waals surface area contributed by atoms with E-state index >= 15 is 0 Å². The molecule has 0 bridgehead atoms. The maximum atomic E-state index is 14.4. The third-order valence-corrected chi connectivity index (χ3v) is 5.40. The van der Waals surface area contributed by atoms with Crippen molar-refractivity contribution in [1.82, 2.24) is 10.6 Å². The molecule has 0 aromatic heterocycles. The lowest BCUT2D eigenvalue weighted by atomic mass is 9.79. The molecule has 0 atom stereocenters. The number of carbonyl (C=O) groups excluding carboxylic acids is 1. The van der Waals surface area contributed by atoms with Gasteiger partial charge in [0.2, 0.25) is 0 Å². The zero-order chi connectivity index (χ0) is 17.7. The molecule has 1 aromatic rings. The zero-order valence-corrected chi connectivity index (χ0v) is 17.4.